The maximum Gasteiger partial charge on any atom is 0.119 e. The quantitative estimate of drug-likeness (QED) is 0.830. The van der Waals surface area contributed by atoms with E-state index in [2.05, 4.69) is 32.6 Å². The van der Waals surface area contributed by atoms with E-state index in [-0.39, 0.29) is 6.61 Å². The van der Waals surface area contributed by atoms with Crippen molar-refractivity contribution in [2.75, 3.05) is 13.2 Å². The Morgan fingerprint density at radius 1 is 1.28 bits per heavy atom. The summed E-state index contributed by atoms with van der Waals surface area (Å²) in [5.41, 5.74) is 2.30. The number of hydrogen-bond donors (Lipinski definition) is 1. The van der Waals surface area contributed by atoms with Crippen LogP contribution in [0.25, 0.3) is 0 Å². The van der Waals surface area contributed by atoms with Crippen molar-refractivity contribution in [3.63, 3.8) is 0 Å². The summed E-state index contributed by atoms with van der Waals surface area (Å²) in [4.78, 5) is 0. The Morgan fingerprint density at radius 3 is 2.56 bits per heavy atom. The molecule has 0 saturated heterocycles. The van der Waals surface area contributed by atoms with Gasteiger partial charge in [0.15, 0.2) is 0 Å². The first-order chi connectivity index (χ1) is 8.42. The highest BCUT2D eigenvalue weighted by Crippen LogP contribution is 2.21. The average Bonchev–Trinajstić information content (AvgIpc) is 2.26. The van der Waals surface area contributed by atoms with E-state index >= 15 is 0 Å². The third kappa shape index (κ3) is 5.25. The van der Waals surface area contributed by atoms with Crippen LogP contribution in [0.1, 0.15) is 38.3 Å². The van der Waals surface area contributed by atoms with Crippen LogP contribution in [0.15, 0.2) is 18.2 Å². The standard InChI is InChI=1S/C16H22O2/c1-13-12-15(18-11-9-16(2,3)4)8-7-14(13)6-5-10-17/h7-8,12,17H,9-11H2,1-4H3. The van der Waals surface area contributed by atoms with E-state index in [1.54, 1.807) is 0 Å². The maximum atomic E-state index is 8.67. The van der Waals surface area contributed by atoms with Gasteiger partial charge in [-0.25, -0.2) is 0 Å². The molecule has 0 bridgehead atoms. The summed E-state index contributed by atoms with van der Waals surface area (Å²) >= 11 is 0. The van der Waals surface area contributed by atoms with Gasteiger partial charge in [-0.1, -0.05) is 32.6 Å². The van der Waals surface area contributed by atoms with Gasteiger partial charge in [0.25, 0.3) is 0 Å². The van der Waals surface area contributed by atoms with Gasteiger partial charge in [-0.15, -0.1) is 0 Å². The summed E-state index contributed by atoms with van der Waals surface area (Å²) in [7, 11) is 0. The van der Waals surface area contributed by atoms with Gasteiger partial charge >= 0.3 is 0 Å². The van der Waals surface area contributed by atoms with E-state index in [0.717, 1.165) is 29.9 Å². The molecular weight excluding hydrogens is 224 g/mol. The summed E-state index contributed by atoms with van der Waals surface area (Å²) < 4.78 is 5.72. The molecule has 0 aliphatic rings. The first kappa shape index (κ1) is 14.6. The number of hydrogen-bond acceptors (Lipinski definition) is 2. The Bertz CT molecular complexity index is 444. The first-order valence-electron chi connectivity index (χ1n) is 6.25. The smallest absolute Gasteiger partial charge is 0.119 e. The molecule has 2 heteroatoms. The van der Waals surface area contributed by atoms with Gasteiger partial charge in [-0.05, 0) is 42.5 Å². The number of aryl methyl sites for hydroxylation is 1. The zero-order valence-corrected chi connectivity index (χ0v) is 11.7. The van der Waals surface area contributed by atoms with Gasteiger partial charge in [-0.2, -0.15) is 0 Å². The fourth-order valence-electron chi connectivity index (χ4n) is 1.48. The van der Waals surface area contributed by atoms with Gasteiger partial charge in [0.2, 0.25) is 0 Å². The van der Waals surface area contributed by atoms with Crippen molar-refractivity contribution in [1.82, 2.24) is 0 Å². The lowest BCUT2D eigenvalue weighted by atomic mass is 9.93. The molecule has 0 saturated carbocycles. The zero-order chi connectivity index (χ0) is 13.6. The van der Waals surface area contributed by atoms with E-state index in [4.69, 9.17) is 9.84 Å². The summed E-state index contributed by atoms with van der Waals surface area (Å²) in [6, 6.07) is 5.85. The zero-order valence-electron chi connectivity index (χ0n) is 11.7. The summed E-state index contributed by atoms with van der Waals surface area (Å²) in [6.45, 7) is 9.23. The summed E-state index contributed by atoms with van der Waals surface area (Å²) in [5, 5.41) is 8.67. The molecule has 2 nitrogen and oxygen atoms in total. The fourth-order valence-corrected chi connectivity index (χ4v) is 1.48. The van der Waals surface area contributed by atoms with Crippen LogP contribution in [0.5, 0.6) is 5.75 Å². The van der Waals surface area contributed by atoms with Crippen LogP contribution in [0.3, 0.4) is 0 Å². The maximum absolute atomic E-state index is 8.67. The van der Waals surface area contributed by atoms with Crippen LogP contribution in [0.2, 0.25) is 0 Å². The number of benzene rings is 1. The minimum atomic E-state index is -0.108. The van der Waals surface area contributed by atoms with Crippen LogP contribution in [-0.2, 0) is 0 Å². The number of rotatable bonds is 3. The Hall–Kier alpha value is -1.46. The molecule has 0 heterocycles. The van der Waals surface area contributed by atoms with E-state index in [9.17, 15) is 0 Å². The predicted molar refractivity (Wildman–Crippen MR) is 74.7 cm³/mol. The number of ether oxygens (including phenoxy) is 1. The van der Waals surface area contributed by atoms with Crippen molar-refractivity contribution >= 4 is 0 Å². The van der Waals surface area contributed by atoms with Crippen molar-refractivity contribution in [2.45, 2.75) is 34.1 Å². The highest BCUT2D eigenvalue weighted by molar-refractivity contribution is 5.44. The molecule has 1 aromatic carbocycles. The molecule has 1 N–H and O–H groups in total. The largest absolute Gasteiger partial charge is 0.494 e. The van der Waals surface area contributed by atoms with Crippen LogP contribution in [0, 0.1) is 24.2 Å². The second-order valence-electron chi connectivity index (χ2n) is 5.60. The minimum Gasteiger partial charge on any atom is -0.494 e. The first-order valence-corrected chi connectivity index (χ1v) is 6.25. The second-order valence-corrected chi connectivity index (χ2v) is 5.60. The highest BCUT2D eigenvalue weighted by Gasteiger charge is 2.10. The third-order valence-electron chi connectivity index (χ3n) is 2.62. The van der Waals surface area contributed by atoms with Gasteiger partial charge in [-0.3, -0.25) is 0 Å². The van der Waals surface area contributed by atoms with Crippen LogP contribution < -0.4 is 4.74 Å². The molecule has 1 rings (SSSR count). The number of aliphatic hydroxyl groups is 1. The van der Waals surface area contributed by atoms with E-state index < -0.39 is 0 Å². The Labute approximate surface area is 110 Å². The van der Waals surface area contributed by atoms with Crippen molar-refractivity contribution in [3.8, 4) is 17.6 Å². The van der Waals surface area contributed by atoms with Gasteiger partial charge in [0.1, 0.15) is 12.4 Å². The molecule has 0 radical (unpaired) electrons. The topological polar surface area (TPSA) is 29.5 Å². The van der Waals surface area contributed by atoms with Gasteiger partial charge in [0, 0.05) is 5.56 Å². The summed E-state index contributed by atoms with van der Waals surface area (Å²) in [6.07, 6.45) is 1.03. The monoisotopic (exact) mass is 246 g/mol. The van der Waals surface area contributed by atoms with Crippen molar-refractivity contribution in [1.29, 1.82) is 0 Å². The molecule has 0 aliphatic carbocycles. The lowest BCUT2D eigenvalue weighted by Crippen LogP contribution is -2.11. The van der Waals surface area contributed by atoms with Crippen molar-refractivity contribution in [3.05, 3.63) is 29.3 Å². The fraction of sp³-hybridized carbons (Fsp3) is 0.500. The molecule has 98 valence electrons. The Morgan fingerprint density at radius 2 is 2.00 bits per heavy atom. The predicted octanol–water partition coefficient (Wildman–Crippen LogP) is 3.15. The Balaban J connectivity index is 2.62. The molecule has 0 amide bonds. The lowest BCUT2D eigenvalue weighted by Gasteiger charge is -2.18. The normalized spacial score (nSPS) is 10.7. The van der Waals surface area contributed by atoms with Gasteiger partial charge < -0.3 is 9.84 Å². The van der Waals surface area contributed by atoms with E-state index in [1.807, 2.05) is 25.1 Å². The molecule has 0 spiro atoms. The molecule has 0 atom stereocenters. The summed E-state index contributed by atoms with van der Waals surface area (Å²) in [5.74, 6) is 6.45. The SMILES string of the molecule is Cc1cc(OCCC(C)(C)C)ccc1C#CCO. The van der Waals surface area contributed by atoms with Crippen LogP contribution in [0.4, 0.5) is 0 Å². The molecule has 0 unspecified atom stereocenters. The molecule has 0 fully saturated rings. The minimum absolute atomic E-state index is 0.108. The van der Waals surface area contributed by atoms with E-state index in [0.29, 0.717) is 5.41 Å². The van der Waals surface area contributed by atoms with E-state index in [1.165, 1.54) is 0 Å². The third-order valence-corrected chi connectivity index (χ3v) is 2.62. The molecule has 1 aromatic rings. The molecular formula is C16H22O2. The van der Waals surface area contributed by atoms with Crippen molar-refractivity contribution < 1.29 is 9.84 Å². The average molecular weight is 246 g/mol. The molecule has 0 aromatic heterocycles. The highest BCUT2D eigenvalue weighted by atomic mass is 16.5. The second kappa shape index (κ2) is 6.47. The van der Waals surface area contributed by atoms with Crippen LogP contribution in [-0.4, -0.2) is 18.3 Å². The van der Waals surface area contributed by atoms with Crippen molar-refractivity contribution in [2.24, 2.45) is 5.41 Å². The molecule has 0 aliphatic heterocycles. The lowest BCUT2D eigenvalue weighted by molar-refractivity contribution is 0.243. The number of aliphatic hydroxyl groups excluding tert-OH is 1. The Kier molecular flexibility index (Phi) is 5.25. The van der Waals surface area contributed by atoms with Gasteiger partial charge in [0.05, 0.1) is 6.61 Å². The van der Waals surface area contributed by atoms with Crippen LogP contribution >= 0.6 is 0 Å². The molecule has 18 heavy (non-hydrogen) atoms.